The maximum absolute atomic E-state index is 6.15. The summed E-state index contributed by atoms with van der Waals surface area (Å²) in [5.41, 5.74) is 8.06. The summed E-state index contributed by atoms with van der Waals surface area (Å²) in [5.74, 6) is 0.380. The molecule has 1 heterocycles. The number of rotatable bonds is 2. The zero-order valence-corrected chi connectivity index (χ0v) is 9.75. The summed E-state index contributed by atoms with van der Waals surface area (Å²) in [6, 6.07) is 6.36. The molecule has 2 nitrogen and oxygen atoms in total. The average Bonchev–Trinajstić information content (AvgIpc) is 2.53. The molecular weight excluding hydrogens is 208 g/mol. The number of aromatic nitrogens is 1. The van der Waals surface area contributed by atoms with E-state index in [2.05, 4.69) is 25.1 Å². The molecule has 2 rings (SSSR count). The number of hydrogen-bond donors (Lipinski definition) is 1. The molecule has 0 fully saturated rings. The van der Waals surface area contributed by atoms with Crippen molar-refractivity contribution in [1.29, 1.82) is 0 Å². The number of aryl methyl sites for hydroxylation is 1. The van der Waals surface area contributed by atoms with E-state index < -0.39 is 0 Å². The largest absolute Gasteiger partial charge is 0.349 e. The number of fused-ring (bicyclic) bond motifs is 1. The molecule has 1 unspecified atom stereocenters. The maximum atomic E-state index is 6.15. The zero-order valence-electron chi connectivity index (χ0n) is 9.00. The molecule has 0 bridgehead atoms. The molecule has 0 radical (unpaired) electrons. The summed E-state index contributed by atoms with van der Waals surface area (Å²) < 4.78 is 2.04. The average molecular weight is 223 g/mol. The Kier molecular flexibility index (Phi) is 2.72. The summed E-state index contributed by atoms with van der Waals surface area (Å²) in [6.45, 7) is 2.79. The molecule has 0 aliphatic carbocycles. The molecule has 0 saturated carbocycles. The van der Waals surface area contributed by atoms with Crippen LogP contribution >= 0.6 is 11.6 Å². The highest BCUT2D eigenvalue weighted by molar-refractivity contribution is 6.35. The van der Waals surface area contributed by atoms with E-state index in [0.717, 1.165) is 15.9 Å². The number of hydrogen-bond acceptors (Lipinski definition) is 1. The van der Waals surface area contributed by atoms with E-state index >= 15 is 0 Å². The lowest BCUT2D eigenvalue weighted by atomic mass is 10.0. The SMILES string of the molecule is CC(CN)c1ccc2c(c1)c(Cl)cn2C. The van der Waals surface area contributed by atoms with Crippen LogP contribution in [0.4, 0.5) is 0 Å². The van der Waals surface area contributed by atoms with Gasteiger partial charge in [0.05, 0.1) is 5.02 Å². The molecule has 3 heteroatoms. The third-order valence-electron chi connectivity index (χ3n) is 2.89. The van der Waals surface area contributed by atoms with Gasteiger partial charge in [-0.1, -0.05) is 24.6 Å². The minimum absolute atomic E-state index is 0.380. The maximum Gasteiger partial charge on any atom is 0.0661 e. The third-order valence-corrected chi connectivity index (χ3v) is 3.19. The van der Waals surface area contributed by atoms with Crippen molar-refractivity contribution in [2.75, 3.05) is 6.54 Å². The van der Waals surface area contributed by atoms with Crippen LogP contribution in [0.25, 0.3) is 10.9 Å². The van der Waals surface area contributed by atoms with E-state index in [0.29, 0.717) is 12.5 Å². The van der Waals surface area contributed by atoms with E-state index in [-0.39, 0.29) is 0 Å². The van der Waals surface area contributed by atoms with Gasteiger partial charge in [0.15, 0.2) is 0 Å². The molecule has 0 saturated heterocycles. The van der Waals surface area contributed by atoms with E-state index in [1.165, 1.54) is 5.56 Å². The van der Waals surface area contributed by atoms with Crippen molar-refractivity contribution in [2.24, 2.45) is 12.8 Å². The van der Waals surface area contributed by atoms with Crippen LogP contribution in [0.2, 0.25) is 5.02 Å². The fourth-order valence-corrected chi connectivity index (χ4v) is 2.10. The Morgan fingerprint density at radius 2 is 2.20 bits per heavy atom. The Morgan fingerprint density at radius 3 is 2.87 bits per heavy atom. The molecule has 0 spiro atoms. The molecule has 2 N–H and O–H groups in total. The van der Waals surface area contributed by atoms with E-state index in [1.54, 1.807) is 0 Å². The van der Waals surface area contributed by atoms with E-state index in [9.17, 15) is 0 Å². The Balaban J connectivity index is 2.60. The van der Waals surface area contributed by atoms with Gasteiger partial charge < -0.3 is 10.3 Å². The van der Waals surface area contributed by atoms with Crippen LogP contribution in [-0.4, -0.2) is 11.1 Å². The highest BCUT2D eigenvalue weighted by Gasteiger charge is 2.08. The lowest BCUT2D eigenvalue weighted by Gasteiger charge is -2.09. The smallest absolute Gasteiger partial charge is 0.0661 e. The molecule has 1 aromatic heterocycles. The molecule has 1 atom stereocenters. The van der Waals surface area contributed by atoms with Crippen LogP contribution in [0.15, 0.2) is 24.4 Å². The van der Waals surface area contributed by atoms with Gasteiger partial charge in [-0.2, -0.15) is 0 Å². The first-order valence-corrected chi connectivity index (χ1v) is 5.46. The third kappa shape index (κ3) is 1.75. The lowest BCUT2D eigenvalue weighted by molar-refractivity contribution is 0.775. The normalized spacial score (nSPS) is 13.3. The van der Waals surface area contributed by atoms with Gasteiger partial charge in [-0.15, -0.1) is 0 Å². The summed E-state index contributed by atoms with van der Waals surface area (Å²) in [5, 5.41) is 1.91. The molecule has 80 valence electrons. The highest BCUT2D eigenvalue weighted by Crippen LogP contribution is 2.28. The number of benzene rings is 1. The van der Waals surface area contributed by atoms with Gasteiger partial charge in [0.1, 0.15) is 0 Å². The topological polar surface area (TPSA) is 30.9 Å². The van der Waals surface area contributed by atoms with Crippen LogP contribution in [0, 0.1) is 0 Å². The van der Waals surface area contributed by atoms with Crippen molar-refractivity contribution >= 4 is 22.5 Å². The van der Waals surface area contributed by atoms with Crippen LogP contribution in [-0.2, 0) is 7.05 Å². The van der Waals surface area contributed by atoms with Gasteiger partial charge in [-0.3, -0.25) is 0 Å². The van der Waals surface area contributed by atoms with Crippen molar-refractivity contribution < 1.29 is 0 Å². The van der Waals surface area contributed by atoms with Crippen LogP contribution in [0.1, 0.15) is 18.4 Å². The number of halogens is 1. The van der Waals surface area contributed by atoms with Gasteiger partial charge in [-0.25, -0.2) is 0 Å². The second-order valence-electron chi connectivity index (χ2n) is 4.00. The standard InChI is InChI=1S/C12H15ClN2/c1-8(6-14)9-3-4-12-10(5-9)11(13)7-15(12)2/h3-5,7-8H,6,14H2,1-2H3. The van der Waals surface area contributed by atoms with Crippen molar-refractivity contribution in [3.05, 3.63) is 35.0 Å². The first-order chi connectivity index (χ1) is 7.13. The first kappa shape index (κ1) is 10.5. The van der Waals surface area contributed by atoms with Crippen molar-refractivity contribution in [3.63, 3.8) is 0 Å². The predicted octanol–water partition coefficient (Wildman–Crippen LogP) is 2.89. The van der Waals surface area contributed by atoms with Crippen LogP contribution in [0.3, 0.4) is 0 Å². The van der Waals surface area contributed by atoms with Gasteiger partial charge in [0.2, 0.25) is 0 Å². The number of nitrogens with zero attached hydrogens (tertiary/aromatic N) is 1. The quantitative estimate of drug-likeness (QED) is 0.833. The van der Waals surface area contributed by atoms with Crippen molar-refractivity contribution in [1.82, 2.24) is 4.57 Å². The van der Waals surface area contributed by atoms with Crippen molar-refractivity contribution in [2.45, 2.75) is 12.8 Å². The molecule has 2 aromatic rings. The minimum Gasteiger partial charge on any atom is -0.349 e. The summed E-state index contributed by atoms with van der Waals surface area (Å²) in [4.78, 5) is 0. The minimum atomic E-state index is 0.380. The molecule has 0 aliphatic rings. The van der Waals surface area contributed by atoms with Gasteiger partial charge in [-0.05, 0) is 30.2 Å². The van der Waals surface area contributed by atoms with E-state index in [1.807, 2.05) is 17.8 Å². The second kappa shape index (κ2) is 3.87. The Bertz CT molecular complexity index is 488. The zero-order chi connectivity index (χ0) is 11.0. The Hall–Kier alpha value is -0.990. The molecule has 0 aliphatic heterocycles. The molecule has 0 amide bonds. The van der Waals surface area contributed by atoms with Crippen molar-refractivity contribution in [3.8, 4) is 0 Å². The first-order valence-electron chi connectivity index (χ1n) is 5.08. The summed E-state index contributed by atoms with van der Waals surface area (Å²) >= 11 is 6.15. The lowest BCUT2D eigenvalue weighted by Crippen LogP contribution is -2.08. The monoisotopic (exact) mass is 222 g/mol. The Morgan fingerprint density at radius 1 is 1.47 bits per heavy atom. The van der Waals surface area contributed by atoms with Crippen LogP contribution < -0.4 is 5.73 Å². The predicted molar refractivity (Wildman–Crippen MR) is 65.4 cm³/mol. The summed E-state index contributed by atoms with van der Waals surface area (Å²) in [7, 11) is 2.00. The van der Waals surface area contributed by atoms with Gasteiger partial charge >= 0.3 is 0 Å². The fraction of sp³-hybridized carbons (Fsp3) is 0.333. The second-order valence-corrected chi connectivity index (χ2v) is 4.41. The Labute approximate surface area is 94.6 Å². The van der Waals surface area contributed by atoms with E-state index in [4.69, 9.17) is 17.3 Å². The van der Waals surface area contributed by atoms with Gasteiger partial charge in [0.25, 0.3) is 0 Å². The van der Waals surface area contributed by atoms with Gasteiger partial charge in [0, 0.05) is 24.1 Å². The molecule has 1 aromatic carbocycles. The fourth-order valence-electron chi connectivity index (χ4n) is 1.80. The molecular formula is C12H15ClN2. The highest BCUT2D eigenvalue weighted by atomic mass is 35.5. The van der Waals surface area contributed by atoms with Crippen LogP contribution in [0.5, 0.6) is 0 Å². The molecule has 15 heavy (non-hydrogen) atoms. The summed E-state index contributed by atoms with van der Waals surface area (Å²) in [6.07, 6.45) is 1.93. The number of nitrogens with two attached hydrogens (primary N) is 1.